The van der Waals surface area contributed by atoms with Crippen molar-refractivity contribution in [3.05, 3.63) is 71.5 Å². The Morgan fingerprint density at radius 3 is 2.39 bits per heavy atom. The van der Waals surface area contributed by atoms with Crippen molar-refractivity contribution in [2.75, 3.05) is 19.6 Å². The van der Waals surface area contributed by atoms with Gasteiger partial charge in [0.1, 0.15) is 5.82 Å². The molecule has 31 heavy (non-hydrogen) atoms. The van der Waals surface area contributed by atoms with Gasteiger partial charge in [-0.3, -0.25) is 9.69 Å². The highest BCUT2D eigenvalue weighted by Crippen LogP contribution is 2.44. The molecule has 0 radical (unpaired) electrons. The van der Waals surface area contributed by atoms with Crippen LogP contribution in [0.15, 0.2) is 54.6 Å². The summed E-state index contributed by atoms with van der Waals surface area (Å²) in [6, 6.07) is 16.2. The second-order valence-corrected chi connectivity index (χ2v) is 9.17. The molecule has 2 heterocycles. The first-order valence-electron chi connectivity index (χ1n) is 11.1. The van der Waals surface area contributed by atoms with E-state index in [0.29, 0.717) is 32.6 Å². The molecule has 162 valence electrons. The van der Waals surface area contributed by atoms with E-state index in [4.69, 9.17) is 4.74 Å². The second kappa shape index (κ2) is 7.66. The summed E-state index contributed by atoms with van der Waals surface area (Å²) in [5, 5.41) is 0. The molecule has 1 unspecified atom stereocenters. The monoisotopic (exact) mass is 422 g/mol. The normalized spacial score (nSPS) is 24.7. The number of amides is 2. The van der Waals surface area contributed by atoms with Crippen LogP contribution in [0.4, 0.5) is 9.18 Å². The number of ether oxygens (including phenoxy) is 1. The molecular weight excluding hydrogens is 395 g/mol. The first-order chi connectivity index (χ1) is 15.0. The number of halogens is 1. The summed E-state index contributed by atoms with van der Waals surface area (Å²) in [6.07, 6.45) is 3.87. The Morgan fingerprint density at radius 2 is 1.68 bits per heavy atom. The van der Waals surface area contributed by atoms with Crippen molar-refractivity contribution >= 4 is 12.0 Å². The minimum Gasteiger partial charge on any atom is -0.439 e. The van der Waals surface area contributed by atoms with Gasteiger partial charge in [-0.2, -0.15) is 0 Å². The largest absolute Gasteiger partial charge is 0.439 e. The fourth-order valence-corrected chi connectivity index (χ4v) is 5.53. The Bertz CT molecular complexity index is 972. The average Bonchev–Trinajstić information content (AvgIpc) is 3.49. The van der Waals surface area contributed by atoms with Crippen LogP contribution in [0.5, 0.6) is 0 Å². The second-order valence-electron chi connectivity index (χ2n) is 9.17. The lowest BCUT2D eigenvalue weighted by atomic mass is 9.77. The molecule has 1 spiro atoms. The first-order valence-corrected chi connectivity index (χ1v) is 11.1. The molecule has 2 saturated heterocycles. The van der Waals surface area contributed by atoms with Gasteiger partial charge in [0, 0.05) is 19.5 Å². The highest BCUT2D eigenvalue weighted by atomic mass is 19.1. The minimum absolute atomic E-state index is 0.0889. The molecule has 1 aliphatic carbocycles. The summed E-state index contributed by atoms with van der Waals surface area (Å²) >= 11 is 0. The maximum Gasteiger partial charge on any atom is 0.410 e. The van der Waals surface area contributed by atoms with Crippen LogP contribution in [0.1, 0.15) is 43.2 Å². The average molecular weight is 423 g/mol. The highest BCUT2D eigenvalue weighted by Gasteiger charge is 2.54. The van der Waals surface area contributed by atoms with E-state index in [-0.39, 0.29) is 17.8 Å². The number of hydrogen-bond acceptors (Lipinski definition) is 3. The Balaban J connectivity index is 1.32. The van der Waals surface area contributed by atoms with Crippen LogP contribution in [0.3, 0.4) is 0 Å². The summed E-state index contributed by atoms with van der Waals surface area (Å²) in [6.45, 7) is 2.00. The number of benzene rings is 2. The van der Waals surface area contributed by atoms with Crippen molar-refractivity contribution in [3.63, 3.8) is 0 Å². The Labute approximate surface area is 181 Å². The van der Waals surface area contributed by atoms with Gasteiger partial charge in [-0.15, -0.1) is 0 Å². The maximum absolute atomic E-state index is 13.7. The number of rotatable bonds is 4. The maximum atomic E-state index is 13.7. The molecule has 0 N–H and O–H groups in total. The fraction of sp³-hybridized carbons (Fsp3) is 0.440. The van der Waals surface area contributed by atoms with Crippen molar-refractivity contribution in [3.8, 4) is 0 Å². The van der Waals surface area contributed by atoms with Crippen molar-refractivity contribution in [2.24, 2.45) is 0 Å². The van der Waals surface area contributed by atoms with E-state index in [1.54, 1.807) is 17.0 Å². The summed E-state index contributed by atoms with van der Waals surface area (Å²) < 4.78 is 19.3. The Kier molecular flexibility index (Phi) is 4.95. The smallest absolute Gasteiger partial charge is 0.410 e. The molecule has 1 atom stereocenters. The SMILES string of the molecule is O=C1OC2(CCN(C(=O)C3(c4ccc(F)cc4)CCCC3)C2)CN1Cc1ccccc1. The predicted octanol–water partition coefficient (Wildman–Crippen LogP) is 4.26. The van der Waals surface area contributed by atoms with Gasteiger partial charge in [0.15, 0.2) is 5.60 Å². The van der Waals surface area contributed by atoms with E-state index >= 15 is 0 Å². The molecule has 2 aromatic carbocycles. The molecule has 5 nitrogen and oxygen atoms in total. The zero-order chi connectivity index (χ0) is 21.5. The summed E-state index contributed by atoms with van der Waals surface area (Å²) in [5.41, 5.74) is 0.727. The minimum atomic E-state index is -0.635. The third-order valence-corrected chi connectivity index (χ3v) is 7.12. The van der Waals surface area contributed by atoms with Gasteiger partial charge < -0.3 is 9.64 Å². The highest BCUT2D eigenvalue weighted by molar-refractivity contribution is 5.89. The van der Waals surface area contributed by atoms with Gasteiger partial charge in [0.25, 0.3) is 0 Å². The predicted molar refractivity (Wildman–Crippen MR) is 114 cm³/mol. The van der Waals surface area contributed by atoms with Crippen LogP contribution >= 0.6 is 0 Å². The zero-order valence-corrected chi connectivity index (χ0v) is 17.6. The lowest BCUT2D eigenvalue weighted by Gasteiger charge is -2.33. The molecule has 3 fully saturated rings. The number of hydrogen-bond donors (Lipinski definition) is 0. The molecule has 2 aliphatic heterocycles. The van der Waals surface area contributed by atoms with E-state index in [0.717, 1.165) is 36.8 Å². The van der Waals surface area contributed by atoms with E-state index in [1.165, 1.54) is 12.1 Å². The Hall–Kier alpha value is -2.89. The zero-order valence-electron chi connectivity index (χ0n) is 17.6. The number of nitrogens with zero attached hydrogens (tertiary/aromatic N) is 2. The molecule has 1 saturated carbocycles. The van der Waals surface area contributed by atoms with Gasteiger partial charge in [-0.1, -0.05) is 55.3 Å². The lowest BCUT2D eigenvalue weighted by molar-refractivity contribution is -0.137. The summed E-state index contributed by atoms with van der Waals surface area (Å²) in [4.78, 5) is 29.9. The van der Waals surface area contributed by atoms with Crippen molar-refractivity contribution in [1.29, 1.82) is 0 Å². The van der Waals surface area contributed by atoms with Gasteiger partial charge >= 0.3 is 6.09 Å². The van der Waals surface area contributed by atoms with Crippen LogP contribution in [-0.4, -0.2) is 47.0 Å². The molecule has 6 heteroatoms. The van der Waals surface area contributed by atoms with Crippen molar-refractivity contribution in [2.45, 2.75) is 49.7 Å². The van der Waals surface area contributed by atoms with Crippen LogP contribution < -0.4 is 0 Å². The standard InChI is InChI=1S/C25H27FN2O3/c26-21-10-8-20(9-11-21)25(12-4-5-13-25)22(29)27-15-14-24(17-27)18-28(23(30)31-24)16-19-6-2-1-3-7-19/h1-3,6-11H,4-5,12-18H2. The van der Waals surface area contributed by atoms with E-state index in [1.807, 2.05) is 35.2 Å². The van der Waals surface area contributed by atoms with Gasteiger partial charge in [0.2, 0.25) is 5.91 Å². The molecular formula is C25H27FN2O3. The van der Waals surface area contributed by atoms with Crippen LogP contribution in [0.25, 0.3) is 0 Å². The first kappa shape index (κ1) is 20.0. The van der Waals surface area contributed by atoms with E-state index in [2.05, 4.69) is 0 Å². The number of likely N-dealkylation sites (tertiary alicyclic amines) is 1. The number of carbonyl (C=O) groups is 2. The molecule has 2 aromatic rings. The molecule has 3 aliphatic rings. The van der Waals surface area contributed by atoms with Crippen LogP contribution in [0, 0.1) is 5.82 Å². The van der Waals surface area contributed by atoms with Gasteiger partial charge in [-0.05, 0) is 36.1 Å². The van der Waals surface area contributed by atoms with Crippen molar-refractivity contribution in [1.82, 2.24) is 9.80 Å². The topological polar surface area (TPSA) is 49.9 Å². The van der Waals surface area contributed by atoms with Crippen molar-refractivity contribution < 1.29 is 18.7 Å². The summed E-state index contributed by atoms with van der Waals surface area (Å²) in [5.74, 6) is -0.202. The molecule has 0 bridgehead atoms. The number of carbonyl (C=O) groups excluding carboxylic acids is 2. The molecule has 0 aromatic heterocycles. The van der Waals surface area contributed by atoms with Gasteiger partial charge in [0.05, 0.1) is 18.5 Å². The quantitative estimate of drug-likeness (QED) is 0.740. The Morgan fingerprint density at radius 1 is 0.968 bits per heavy atom. The molecule has 2 amide bonds. The van der Waals surface area contributed by atoms with Crippen LogP contribution in [-0.2, 0) is 21.5 Å². The fourth-order valence-electron chi connectivity index (χ4n) is 5.53. The van der Waals surface area contributed by atoms with E-state index < -0.39 is 11.0 Å². The third kappa shape index (κ3) is 3.58. The van der Waals surface area contributed by atoms with Crippen LogP contribution in [0.2, 0.25) is 0 Å². The third-order valence-electron chi connectivity index (χ3n) is 7.12. The molecule has 5 rings (SSSR count). The summed E-state index contributed by atoms with van der Waals surface area (Å²) in [7, 11) is 0. The van der Waals surface area contributed by atoms with E-state index in [9.17, 15) is 14.0 Å². The lowest BCUT2D eigenvalue weighted by Crippen LogP contribution is -2.47. The van der Waals surface area contributed by atoms with Gasteiger partial charge in [-0.25, -0.2) is 9.18 Å².